The van der Waals surface area contributed by atoms with Crippen LogP contribution in [-0.2, 0) is 10.0 Å². The van der Waals surface area contributed by atoms with Gasteiger partial charge in [0.25, 0.3) is 0 Å². The molecule has 0 aliphatic carbocycles. The van der Waals surface area contributed by atoms with Crippen molar-refractivity contribution in [3.05, 3.63) is 6.42 Å². The minimum Gasteiger partial charge on any atom is -0.229 e. The lowest BCUT2D eigenvalue weighted by atomic mass is 10.1. The number of unbranched alkanes of at least 4 members (excludes halogenated alkanes) is 6. The summed E-state index contributed by atoms with van der Waals surface area (Å²) in [5.74, 6) is 0.0147. The molecule has 0 saturated heterocycles. The lowest BCUT2D eigenvalue weighted by Gasteiger charge is -1.99. The summed E-state index contributed by atoms with van der Waals surface area (Å²) in [4.78, 5) is 0. The summed E-state index contributed by atoms with van der Waals surface area (Å²) in [7, 11) is -3.28. The van der Waals surface area contributed by atoms with Crippen molar-refractivity contribution in [2.75, 3.05) is 5.75 Å². The fourth-order valence-electron chi connectivity index (χ4n) is 1.14. The van der Waals surface area contributed by atoms with Crippen molar-refractivity contribution < 1.29 is 8.42 Å². The summed E-state index contributed by atoms with van der Waals surface area (Å²) in [6, 6.07) is 0. The Balaban J connectivity index is 3.09. The van der Waals surface area contributed by atoms with Gasteiger partial charge in [0.1, 0.15) is 0 Å². The van der Waals surface area contributed by atoms with E-state index >= 15 is 0 Å². The molecule has 0 fully saturated rings. The van der Waals surface area contributed by atoms with E-state index in [9.17, 15) is 8.42 Å². The highest BCUT2D eigenvalue weighted by Gasteiger charge is 2.01. The van der Waals surface area contributed by atoms with Crippen molar-refractivity contribution in [1.82, 2.24) is 0 Å². The first kappa shape index (κ1) is 12.9. The Hall–Kier alpha value is -0.0900. The topological polar surface area (TPSA) is 60.2 Å². The fraction of sp³-hybridized carbons (Fsp3) is 0.889. The molecule has 0 amide bonds. The average Bonchev–Trinajstić information content (AvgIpc) is 2.01. The van der Waals surface area contributed by atoms with Crippen LogP contribution in [0, 0.1) is 6.42 Å². The normalized spacial score (nSPS) is 11.8. The summed E-state index contributed by atoms with van der Waals surface area (Å²) in [5, 5.41) is 4.84. The van der Waals surface area contributed by atoms with Gasteiger partial charge in [-0.2, -0.15) is 0 Å². The molecule has 79 valence electrons. The molecule has 2 N–H and O–H groups in total. The van der Waals surface area contributed by atoms with Gasteiger partial charge in [-0.25, -0.2) is 13.6 Å². The molecular weight excluding hydrogens is 186 g/mol. The molecule has 0 atom stereocenters. The molecule has 0 rings (SSSR count). The Bertz CT molecular complexity index is 200. The van der Waals surface area contributed by atoms with E-state index in [1.807, 2.05) is 0 Å². The molecule has 0 aromatic rings. The molecular formula is C9H20NO2S. The minimum atomic E-state index is -3.28. The fourth-order valence-corrected chi connectivity index (χ4v) is 1.64. The van der Waals surface area contributed by atoms with Crippen LogP contribution in [0.1, 0.15) is 45.4 Å². The SMILES string of the molecule is CCCCCCC[CH]CS(N)(=O)=O. The van der Waals surface area contributed by atoms with Gasteiger partial charge in [0, 0.05) is 0 Å². The predicted molar refractivity (Wildman–Crippen MR) is 55.7 cm³/mol. The molecule has 0 aromatic heterocycles. The molecule has 0 saturated carbocycles. The first-order valence-electron chi connectivity index (χ1n) is 4.88. The van der Waals surface area contributed by atoms with Gasteiger partial charge in [-0.1, -0.05) is 39.0 Å². The zero-order chi connectivity index (χ0) is 10.2. The van der Waals surface area contributed by atoms with E-state index in [0.717, 1.165) is 12.8 Å². The summed E-state index contributed by atoms with van der Waals surface area (Å²) in [5.41, 5.74) is 0. The van der Waals surface area contributed by atoms with Crippen LogP contribution in [0.3, 0.4) is 0 Å². The predicted octanol–water partition coefficient (Wildman–Crippen LogP) is 1.84. The third-order valence-corrected chi connectivity index (χ3v) is 2.56. The molecule has 0 heterocycles. The van der Waals surface area contributed by atoms with Crippen molar-refractivity contribution >= 4 is 10.0 Å². The Morgan fingerprint density at radius 1 is 1.15 bits per heavy atom. The van der Waals surface area contributed by atoms with Crippen LogP contribution in [0.5, 0.6) is 0 Å². The van der Waals surface area contributed by atoms with E-state index < -0.39 is 10.0 Å². The van der Waals surface area contributed by atoms with Crippen LogP contribution in [0.4, 0.5) is 0 Å². The lowest BCUT2D eigenvalue weighted by molar-refractivity contribution is 0.596. The molecule has 0 spiro atoms. The van der Waals surface area contributed by atoms with Crippen LogP contribution in [0.15, 0.2) is 0 Å². The molecule has 13 heavy (non-hydrogen) atoms. The summed E-state index contributed by atoms with van der Waals surface area (Å²) in [6.45, 7) is 2.17. The number of nitrogens with two attached hydrogens (primary N) is 1. The number of sulfonamides is 1. The van der Waals surface area contributed by atoms with Crippen LogP contribution >= 0.6 is 0 Å². The molecule has 0 aliphatic heterocycles. The highest BCUT2D eigenvalue weighted by atomic mass is 32.2. The van der Waals surface area contributed by atoms with Gasteiger partial charge in [0.15, 0.2) is 0 Å². The van der Waals surface area contributed by atoms with Gasteiger partial charge in [-0.3, -0.25) is 0 Å². The Labute approximate surface area is 81.8 Å². The maximum absolute atomic E-state index is 10.5. The summed E-state index contributed by atoms with van der Waals surface area (Å²) < 4.78 is 21.0. The van der Waals surface area contributed by atoms with E-state index in [0.29, 0.717) is 0 Å². The smallest absolute Gasteiger partial charge is 0.209 e. The van der Waals surface area contributed by atoms with Crippen molar-refractivity contribution in [3.8, 4) is 0 Å². The molecule has 4 heteroatoms. The first-order valence-corrected chi connectivity index (χ1v) is 6.60. The van der Waals surface area contributed by atoms with Gasteiger partial charge in [-0.05, 0) is 12.8 Å². The zero-order valence-electron chi connectivity index (χ0n) is 8.33. The first-order chi connectivity index (χ1) is 6.06. The second-order valence-corrected chi connectivity index (χ2v) is 4.98. The van der Waals surface area contributed by atoms with Crippen LogP contribution in [0.25, 0.3) is 0 Å². The Morgan fingerprint density at radius 2 is 1.77 bits per heavy atom. The Kier molecular flexibility index (Phi) is 7.28. The second-order valence-electron chi connectivity index (χ2n) is 3.32. The average molecular weight is 206 g/mol. The van der Waals surface area contributed by atoms with Gasteiger partial charge < -0.3 is 0 Å². The van der Waals surface area contributed by atoms with Crippen LogP contribution < -0.4 is 5.14 Å². The summed E-state index contributed by atoms with van der Waals surface area (Å²) >= 11 is 0. The molecule has 0 aliphatic rings. The summed E-state index contributed by atoms with van der Waals surface area (Å²) in [6.07, 6.45) is 8.64. The standard InChI is InChI=1S/C9H20NO2S/c1-2-3-4-5-6-7-8-9-13(10,11)12/h8H,2-7,9H2,1H3,(H2,10,11,12). The lowest BCUT2D eigenvalue weighted by Crippen LogP contribution is -2.16. The van der Waals surface area contributed by atoms with E-state index in [1.165, 1.54) is 25.7 Å². The third kappa shape index (κ3) is 11.9. The third-order valence-electron chi connectivity index (χ3n) is 1.86. The number of rotatable bonds is 8. The van der Waals surface area contributed by atoms with Crippen molar-refractivity contribution in [2.24, 2.45) is 5.14 Å². The van der Waals surface area contributed by atoms with Gasteiger partial charge in [0.2, 0.25) is 10.0 Å². The van der Waals surface area contributed by atoms with Crippen LogP contribution in [0.2, 0.25) is 0 Å². The van der Waals surface area contributed by atoms with E-state index in [1.54, 1.807) is 6.42 Å². The number of primary sulfonamides is 1. The second kappa shape index (κ2) is 7.33. The molecule has 0 aromatic carbocycles. The van der Waals surface area contributed by atoms with E-state index in [-0.39, 0.29) is 5.75 Å². The highest BCUT2D eigenvalue weighted by Crippen LogP contribution is 2.06. The number of hydrogen-bond acceptors (Lipinski definition) is 2. The molecule has 1 radical (unpaired) electrons. The maximum atomic E-state index is 10.5. The van der Waals surface area contributed by atoms with Crippen molar-refractivity contribution in [3.63, 3.8) is 0 Å². The Morgan fingerprint density at radius 3 is 2.31 bits per heavy atom. The monoisotopic (exact) mass is 206 g/mol. The minimum absolute atomic E-state index is 0.0147. The van der Waals surface area contributed by atoms with Gasteiger partial charge in [-0.15, -0.1) is 0 Å². The van der Waals surface area contributed by atoms with Crippen molar-refractivity contribution in [2.45, 2.75) is 45.4 Å². The molecule has 0 bridgehead atoms. The molecule has 3 nitrogen and oxygen atoms in total. The molecule has 0 unspecified atom stereocenters. The largest absolute Gasteiger partial charge is 0.229 e. The van der Waals surface area contributed by atoms with Crippen molar-refractivity contribution in [1.29, 1.82) is 0 Å². The quantitative estimate of drug-likeness (QED) is 0.616. The number of hydrogen-bond donors (Lipinski definition) is 1. The van der Waals surface area contributed by atoms with E-state index in [2.05, 4.69) is 6.92 Å². The maximum Gasteiger partial charge on any atom is 0.209 e. The van der Waals surface area contributed by atoms with Crippen LogP contribution in [-0.4, -0.2) is 14.2 Å². The van der Waals surface area contributed by atoms with Gasteiger partial charge >= 0.3 is 0 Å². The highest BCUT2D eigenvalue weighted by molar-refractivity contribution is 7.89. The van der Waals surface area contributed by atoms with E-state index in [4.69, 9.17) is 5.14 Å². The van der Waals surface area contributed by atoms with Gasteiger partial charge in [0.05, 0.1) is 5.75 Å². The zero-order valence-corrected chi connectivity index (χ0v) is 9.15.